The zero-order valence-corrected chi connectivity index (χ0v) is 10.6. The number of nitrogens with two attached hydrogens (primary N) is 1. The van der Waals surface area contributed by atoms with Crippen molar-refractivity contribution in [3.05, 3.63) is 34.3 Å². The van der Waals surface area contributed by atoms with Crippen LogP contribution in [0.2, 0.25) is 0 Å². The Labute approximate surface area is 94.8 Å². The Morgan fingerprint density at radius 3 is 2.36 bits per heavy atom. The van der Waals surface area contributed by atoms with Gasteiger partial charge in [-0.2, -0.15) is 0 Å². The Morgan fingerprint density at radius 1 is 1.29 bits per heavy atom. The van der Waals surface area contributed by atoms with Crippen LogP contribution in [0.5, 0.6) is 0 Å². The topological polar surface area (TPSA) is 26.0 Å². The molecular formula is C12H18BrN. The number of rotatable bonds is 2. The summed E-state index contributed by atoms with van der Waals surface area (Å²) in [4.78, 5) is 0. The summed E-state index contributed by atoms with van der Waals surface area (Å²) in [5.41, 5.74) is 7.58. The van der Waals surface area contributed by atoms with Gasteiger partial charge in [-0.15, -0.1) is 0 Å². The van der Waals surface area contributed by atoms with E-state index in [0.29, 0.717) is 0 Å². The molecule has 2 heteroatoms. The molecule has 0 saturated heterocycles. The van der Waals surface area contributed by atoms with Gasteiger partial charge in [0.25, 0.3) is 0 Å². The lowest BCUT2D eigenvalue weighted by molar-refractivity contribution is 0.318. The van der Waals surface area contributed by atoms with Crippen molar-refractivity contribution in [2.24, 2.45) is 11.1 Å². The highest BCUT2D eigenvalue weighted by Gasteiger charge is 2.21. The molecule has 1 atom stereocenters. The minimum absolute atomic E-state index is 0.162. The summed E-state index contributed by atoms with van der Waals surface area (Å²) in [6, 6.07) is 8.45. The van der Waals surface area contributed by atoms with E-state index in [-0.39, 0.29) is 11.5 Å². The molecule has 1 nitrogen and oxygen atoms in total. The summed E-state index contributed by atoms with van der Waals surface area (Å²) in [7, 11) is 0. The normalized spacial score (nSPS) is 14.1. The van der Waals surface area contributed by atoms with Gasteiger partial charge in [0.05, 0.1) is 0 Å². The first-order valence-electron chi connectivity index (χ1n) is 4.90. The highest BCUT2D eigenvalue weighted by Crippen LogP contribution is 2.24. The number of halogens is 1. The molecule has 0 fully saturated rings. The summed E-state index contributed by atoms with van der Waals surface area (Å²) in [5, 5.41) is 0. The third kappa shape index (κ3) is 3.10. The fourth-order valence-electron chi connectivity index (χ4n) is 1.21. The molecule has 0 bridgehead atoms. The molecule has 0 radical (unpaired) electrons. The molecule has 0 aliphatic rings. The van der Waals surface area contributed by atoms with Gasteiger partial charge in [0.1, 0.15) is 0 Å². The molecule has 1 unspecified atom stereocenters. The minimum Gasteiger partial charge on any atom is -0.327 e. The fourth-order valence-corrected chi connectivity index (χ4v) is 1.65. The average Bonchev–Trinajstić information content (AvgIpc) is 2.07. The first-order chi connectivity index (χ1) is 6.41. The van der Waals surface area contributed by atoms with Gasteiger partial charge in [0.2, 0.25) is 0 Å². The molecule has 1 rings (SSSR count). The summed E-state index contributed by atoms with van der Waals surface area (Å²) in [5.74, 6) is 0. The van der Waals surface area contributed by atoms with E-state index in [1.807, 2.05) is 6.07 Å². The standard InChI is InChI=1S/C12H18BrN/c1-12(2,3)11(14)8-9-6-4-5-7-10(9)13/h4-7,11H,8,14H2,1-3H3. The van der Waals surface area contributed by atoms with Gasteiger partial charge in [-0.25, -0.2) is 0 Å². The molecule has 0 heterocycles. The summed E-state index contributed by atoms with van der Waals surface area (Å²) < 4.78 is 1.15. The largest absolute Gasteiger partial charge is 0.327 e. The lowest BCUT2D eigenvalue weighted by Gasteiger charge is -2.27. The van der Waals surface area contributed by atoms with Crippen molar-refractivity contribution >= 4 is 15.9 Å². The highest BCUT2D eigenvalue weighted by molar-refractivity contribution is 9.10. The van der Waals surface area contributed by atoms with Gasteiger partial charge < -0.3 is 5.73 Å². The van der Waals surface area contributed by atoms with E-state index < -0.39 is 0 Å². The van der Waals surface area contributed by atoms with Crippen molar-refractivity contribution in [2.45, 2.75) is 33.2 Å². The molecule has 78 valence electrons. The second-order valence-corrected chi connectivity index (χ2v) is 5.62. The van der Waals surface area contributed by atoms with E-state index in [9.17, 15) is 0 Å². The van der Waals surface area contributed by atoms with Gasteiger partial charge in [-0.1, -0.05) is 54.9 Å². The molecular weight excluding hydrogens is 238 g/mol. The van der Waals surface area contributed by atoms with E-state index in [1.54, 1.807) is 0 Å². The van der Waals surface area contributed by atoms with E-state index in [0.717, 1.165) is 10.9 Å². The third-order valence-electron chi connectivity index (χ3n) is 2.51. The maximum atomic E-state index is 6.13. The fraction of sp³-hybridized carbons (Fsp3) is 0.500. The van der Waals surface area contributed by atoms with Gasteiger partial charge >= 0.3 is 0 Å². The van der Waals surface area contributed by atoms with Gasteiger partial charge in [0, 0.05) is 10.5 Å². The Bertz CT molecular complexity index is 301. The van der Waals surface area contributed by atoms with Crippen molar-refractivity contribution < 1.29 is 0 Å². The molecule has 1 aromatic carbocycles. The van der Waals surface area contributed by atoms with Gasteiger partial charge in [0.15, 0.2) is 0 Å². The zero-order valence-electron chi connectivity index (χ0n) is 9.05. The third-order valence-corrected chi connectivity index (χ3v) is 3.28. The van der Waals surface area contributed by atoms with Gasteiger partial charge in [-0.3, -0.25) is 0 Å². The molecule has 0 aliphatic heterocycles. The Hall–Kier alpha value is -0.340. The summed E-state index contributed by atoms with van der Waals surface area (Å²) in [6.07, 6.45) is 0.922. The average molecular weight is 256 g/mol. The van der Waals surface area contributed by atoms with Crippen molar-refractivity contribution in [2.75, 3.05) is 0 Å². The van der Waals surface area contributed by atoms with Crippen molar-refractivity contribution in [1.82, 2.24) is 0 Å². The number of benzene rings is 1. The quantitative estimate of drug-likeness (QED) is 0.862. The van der Waals surface area contributed by atoms with Crippen LogP contribution in [0.25, 0.3) is 0 Å². The van der Waals surface area contributed by atoms with Crippen LogP contribution in [0.15, 0.2) is 28.7 Å². The van der Waals surface area contributed by atoms with Crippen LogP contribution in [0.4, 0.5) is 0 Å². The first-order valence-corrected chi connectivity index (χ1v) is 5.69. The second-order valence-electron chi connectivity index (χ2n) is 4.77. The first kappa shape index (κ1) is 11.7. The highest BCUT2D eigenvalue weighted by atomic mass is 79.9. The number of hydrogen-bond acceptors (Lipinski definition) is 1. The van der Waals surface area contributed by atoms with Crippen LogP contribution in [0.1, 0.15) is 26.3 Å². The molecule has 14 heavy (non-hydrogen) atoms. The monoisotopic (exact) mass is 255 g/mol. The van der Waals surface area contributed by atoms with Crippen LogP contribution >= 0.6 is 15.9 Å². The molecule has 0 aliphatic carbocycles. The SMILES string of the molecule is CC(C)(C)C(N)Cc1ccccc1Br. The smallest absolute Gasteiger partial charge is 0.0207 e. The number of hydrogen-bond donors (Lipinski definition) is 1. The summed E-state index contributed by atoms with van der Waals surface area (Å²) >= 11 is 3.54. The van der Waals surface area contributed by atoms with Crippen LogP contribution < -0.4 is 5.73 Å². The predicted octanol–water partition coefficient (Wildman–Crippen LogP) is 3.37. The van der Waals surface area contributed by atoms with Crippen molar-refractivity contribution in [3.8, 4) is 0 Å². The predicted molar refractivity (Wildman–Crippen MR) is 65.3 cm³/mol. The lowest BCUT2D eigenvalue weighted by atomic mass is 9.84. The second kappa shape index (κ2) is 4.45. The Kier molecular flexibility index (Phi) is 3.73. The van der Waals surface area contributed by atoms with Crippen molar-refractivity contribution in [1.29, 1.82) is 0 Å². The van der Waals surface area contributed by atoms with E-state index in [1.165, 1.54) is 5.56 Å². The minimum atomic E-state index is 0.162. The molecule has 0 spiro atoms. The maximum absolute atomic E-state index is 6.13. The van der Waals surface area contributed by atoms with Crippen molar-refractivity contribution in [3.63, 3.8) is 0 Å². The molecule has 0 saturated carbocycles. The van der Waals surface area contributed by atoms with Gasteiger partial charge in [-0.05, 0) is 23.5 Å². The summed E-state index contributed by atoms with van der Waals surface area (Å²) in [6.45, 7) is 6.53. The molecule has 2 N–H and O–H groups in total. The van der Waals surface area contributed by atoms with E-state index >= 15 is 0 Å². The van der Waals surface area contributed by atoms with Crippen LogP contribution in [0.3, 0.4) is 0 Å². The lowest BCUT2D eigenvalue weighted by Crippen LogP contribution is -2.36. The molecule has 1 aromatic rings. The molecule has 0 aromatic heterocycles. The van der Waals surface area contributed by atoms with Crippen LogP contribution in [0, 0.1) is 5.41 Å². The van der Waals surface area contributed by atoms with E-state index in [4.69, 9.17) is 5.73 Å². The van der Waals surface area contributed by atoms with Crippen LogP contribution in [-0.4, -0.2) is 6.04 Å². The zero-order chi connectivity index (χ0) is 10.8. The van der Waals surface area contributed by atoms with E-state index in [2.05, 4.69) is 54.9 Å². The maximum Gasteiger partial charge on any atom is 0.0207 e. The van der Waals surface area contributed by atoms with Crippen LogP contribution in [-0.2, 0) is 6.42 Å². The molecule has 0 amide bonds. The Balaban J connectivity index is 2.75. The Morgan fingerprint density at radius 2 is 1.86 bits per heavy atom.